The highest BCUT2D eigenvalue weighted by Gasteiger charge is 2.17. The Morgan fingerprint density at radius 3 is 2.45 bits per heavy atom. The fourth-order valence-electron chi connectivity index (χ4n) is 5.11. The van der Waals surface area contributed by atoms with E-state index < -0.39 is 5.97 Å². The van der Waals surface area contributed by atoms with E-state index in [0.29, 0.717) is 17.7 Å². The molecule has 0 bridgehead atoms. The van der Waals surface area contributed by atoms with Crippen LogP contribution in [0.25, 0.3) is 33.5 Å². The van der Waals surface area contributed by atoms with Crippen LogP contribution in [0, 0.1) is 6.92 Å². The molecule has 1 N–H and O–H groups in total. The molecule has 0 aliphatic rings. The lowest BCUT2D eigenvalue weighted by molar-refractivity contribution is 0.0697. The molecule has 5 aromatic rings. The van der Waals surface area contributed by atoms with E-state index in [4.69, 9.17) is 9.98 Å². The van der Waals surface area contributed by atoms with Gasteiger partial charge in [0.05, 0.1) is 28.0 Å². The molecule has 4 aromatic carbocycles. The Hall–Kier alpha value is -4.71. The predicted octanol–water partition coefficient (Wildman–Crippen LogP) is 8.05. The molecule has 0 saturated carbocycles. The zero-order valence-electron chi connectivity index (χ0n) is 23.4. The quantitative estimate of drug-likeness (QED) is 0.196. The number of aryl methyl sites for hydroxylation is 2. The number of hydrogen-bond donors (Lipinski definition) is 1. The lowest BCUT2D eigenvalue weighted by Crippen LogP contribution is -2.17. The molecule has 6 nitrogen and oxygen atoms in total. The topological polar surface area (TPSA) is 70.7 Å². The number of aromatic nitrogens is 2. The van der Waals surface area contributed by atoms with E-state index in [1.807, 2.05) is 48.7 Å². The number of carboxylic acid groups (broad SMARTS) is 1. The summed E-state index contributed by atoms with van der Waals surface area (Å²) < 4.78 is 2.14. The number of carboxylic acids is 1. The smallest absolute Gasteiger partial charge is 0.336 e. The van der Waals surface area contributed by atoms with Gasteiger partial charge in [-0.15, -0.1) is 0 Å². The Kier molecular flexibility index (Phi) is 7.78. The van der Waals surface area contributed by atoms with E-state index in [9.17, 15) is 9.90 Å². The third-order valence-electron chi connectivity index (χ3n) is 7.22. The number of benzene rings is 4. The van der Waals surface area contributed by atoms with Crippen LogP contribution in [-0.4, -0.2) is 33.9 Å². The molecule has 40 heavy (non-hydrogen) atoms. The molecule has 0 aliphatic heterocycles. The van der Waals surface area contributed by atoms with Crippen LogP contribution in [0.4, 0.5) is 11.4 Å². The van der Waals surface area contributed by atoms with Crippen LogP contribution in [-0.2, 0) is 13.6 Å². The second-order valence-electron chi connectivity index (χ2n) is 10.1. The SMILES string of the molecule is CCCC=Nc1c(C)cc(-c2nc3ccccc3n2C)cc1N(C)Cc1ccc(-c2ccccc2C(=O)O)cc1. The van der Waals surface area contributed by atoms with Crippen molar-refractivity contribution in [2.24, 2.45) is 12.0 Å². The number of anilines is 1. The summed E-state index contributed by atoms with van der Waals surface area (Å²) >= 11 is 0. The van der Waals surface area contributed by atoms with Gasteiger partial charge in [0.1, 0.15) is 5.82 Å². The van der Waals surface area contributed by atoms with Gasteiger partial charge in [0, 0.05) is 32.4 Å². The first kappa shape index (κ1) is 26.9. The van der Waals surface area contributed by atoms with Gasteiger partial charge < -0.3 is 14.6 Å². The van der Waals surface area contributed by atoms with Crippen LogP contribution in [0.5, 0.6) is 0 Å². The largest absolute Gasteiger partial charge is 0.478 e. The molecule has 0 spiro atoms. The average Bonchev–Trinajstić information content (AvgIpc) is 3.30. The van der Waals surface area contributed by atoms with E-state index in [1.165, 1.54) is 0 Å². The van der Waals surface area contributed by atoms with E-state index in [1.54, 1.807) is 12.1 Å². The van der Waals surface area contributed by atoms with Gasteiger partial charge in [0.25, 0.3) is 0 Å². The number of aliphatic imine (C=N–C) groups is 1. The number of imidazole rings is 1. The lowest BCUT2D eigenvalue weighted by atomic mass is 9.98. The van der Waals surface area contributed by atoms with Gasteiger partial charge in [-0.3, -0.25) is 4.99 Å². The van der Waals surface area contributed by atoms with Crippen molar-refractivity contribution in [3.05, 3.63) is 102 Å². The average molecular weight is 531 g/mol. The predicted molar refractivity (Wildman–Crippen MR) is 165 cm³/mol. The fraction of sp³-hybridized carbons (Fsp3) is 0.206. The van der Waals surface area contributed by atoms with Gasteiger partial charge in [-0.2, -0.15) is 0 Å². The summed E-state index contributed by atoms with van der Waals surface area (Å²) in [6.45, 7) is 4.93. The first-order valence-corrected chi connectivity index (χ1v) is 13.6. The second kappa shape index (κ2) is 11.6. The summed E-state index contributed by atoms with van der Waals surface area (Å²) in [5.41, 5.74) is 9.24. The van der Waals surface area contributed by atoms with Crippen molar-refractivity contribution < 1.29 is 9.90 Å². The summed E-state index contributed by atoms with van der Waals surface area (Å²) in [5.74, 6) is -0.00378. The number of carbonyl (C=O) groups is 1. The number of hydrogen-bond acceptors (Lipinski definition) is 4. The van der Waals surface area contributed by atoms with E-state index >= 15 is 0 Å². The molecule has 0 amide bonds. The van der Waals surface area contributed by atoms with Gasteiger partial charge >= 0.3 is 5.97 Å². The molecule has 1 aromatic heterocycles. The van der Waals surface area contributed by atoms with Crippen molar-refractivity contribution in [3.63, 3.8) is 0 Å². The molecule has 0 unspecified atom stereocenters. The summed E-state index contributed by atoms with van der Waals surface area (Å²) in [6.07, 6.45) is 3.97. The summed E-state index contributed by atoms with van der Waals surface area (Å²) in [5, 5.41) is 9.59. The number of fused-ring (bicyclic) bond motifs is 1. The molecule has 1 heterocycles. The van der Waals surface area contributed by atoms with Gasteiger partial charge in [-0.05, 0) is 65.9 Å². The van der Waals surface area contributed by atoms with Crippen molar-refractivity contribution in [1.29, 1.82) is 0 Å². The third-order valence-corrected chi connectivity index (χ3v) is 7.22. The number of rotatable bonds is 9. The minimum atomic E-state index is -0.925. The zero-order chi connectivity index (χ0) is 28.2. The van der Waals surface area contributed by atoms with Crippen LogP contribution in [0.15, 0.2) is 89.9 Å². The number of unbranched alkanes of at least 4 members (excludes halogenated alkanes) is 1. The Balaban J connectivity index is 1.50. The standard InChI is InChI=1S/C34H34N4O2/c1-5-6-19-35-32-23(2)20-26(33-36-29-13-9-10-14-30(29)38(33)4)21-31(32)37(3)22-24-15-17-25(18-16-24)27-11-7-8-12-28(27)34(39)40/h7-21H,5-6,22H2,1-4H3,(H,39,40). The summed E-state index contributed by atoms with van der Waals surface area (Å²) in [6, 6.07) is 27.8. The van der Waals surface area contributed by atoms with Crippen LogP contribution in [0.3, 0.4) is 0 Å². The molecule has 202 valence electrons. The maximum Gasteiger partial charge on any atom is 0.336 e. The first-order chi connectivity index (χ1) is 19.4. The molecular weight excluding hydrogens is 496 g/mol. The molecule has 0 atom stereocenters. The van der Waals surface area contributed by atoms with Crippen molar-refractivity contribution in [3.8, 4) is 22.5 Å². The van der Waals surface area contributed by atoms with Crippen LogP contribution < -0.4 is 4.90 Å². The highest BCUT2D eigenvalue weighted by molar-refractivity contribution is 5.96. The Bertz CT molecular complexity index is 1700. The van der Waals surface area contributed by atoms with E-state index in [2.05, 4.69) is 67.7 Å². The Labute approximate surface area is 235 Å². The minimum Gasteiger partial charge on any atom is -0.478 e. The zero-order valence-corrected chi connectivity index (χ0v) is 23.4. The Morgan fingerprint density at radius 2 is 1.73 bits per heavy atom. The lowest BCUT2D eigenvalue weighted by Gasteiger charge is -2.23. The molecule has 5 rings (SSSR count). The third kappa shape index (κ3) is 5.38. The molecule has 0 radical (unpaired) electrons. The van der Waals surface area contributed by atoms with Crippen LogP contribution >= 0.6 is 0 Å². The maximum absolute atomic E-state index is 11.7. The Morgan fingerprint density at radius 1 is 1.00 bits per heavy atom. The monoisotopic (exact) mass is 530 g/mol. The van der Waals surface area contributed by atoms with Crippen LogP contribution in [0.2, 0.25) is 0 Å². The van der Waals surface area contributed by atoms with Crippen molar-refractivity contribution >= 4 is 34.6 Å². The number of para-hydroxylation sites is 2. The normalized spacial score (nSPS) is 11.4. The summed E-state index contributed by atoms with van der Waals surface area (Å²) in [7, 11) is 4.14. The summed E-state index contributed by atoms with van der Waals surface area (Å²) in [4.78, 5) is 23.7. The fourth-order valence-corrected chi connectivity index (χ4v) is 5.11. The molecule has 0 aliphatic carbocycles. The van der Waals surface area contributed by atoms with Gasteiger partial charge in [0.2, 0.25) is 0 Å². The van der Waals surface area contributed by atoms with E-state index in [-0.39, 0.29) is 0 Å². The number of nitrogens with zero attached hydrogens (tertiary/aromatic N) is 4. The first-order valence-electron chi connectivity index (χ1n) is 13.6. The molecule has 0 saturated heterocycles. The number of aromatic carboxylic acids is 1. The van der Waals surface area contributed by atoms with Crippen LogP contribution in [0.1, 0.15) is 41.3 Å². The van der Waals surface area contributed by atoms with Crippen molar-refractivity contribution in [2.45, 2.75) is 33.2 Å². The highest BCUT2D eigenvalue weighted by atomic mass is 16.4. The van der Waals surface area contributed by atoms with Crippen molar-refractivity contribution in [2.75, 3.05) is 11.9 Å². The van der Waals surface area contributed by atoms with Crippen molar-refractivity contribution in [1.82, 2.24) is 9.55 Å². The molecule has 0 fully saturated rings. The van der Waals surface area contributed by atoms with Gasteiger partial charge in [0.15, 0.2) is 0 Å². The highest BCUT2D eigenvalue weighted by Crippen LogP contribution is 2.38. The molecule has 6 heteroatoms. The van der Waals surface area contributed by atoms with Gasteiger partial charge in [-0.1, -0.05) is 67.9 Å². The van der Waals surface area contributed by atoms with E-state index in [0.717, 1.165) is 63.3 Å². The van der Waals surface area contributed by atoms with Gasteiger partial charge in [-0.25, -0.2) is 9.78 Å². The molecular formula is C34H34N4O2. The second-order valence-corrected chi connectivity index (χ2v) is 10.1. The maximum atomic E-state index is 11.7. The minimum absolute atomic E-state index is 0.302.